The molecule has 0 aromatic heterocycles. The molecular formula is C20H36Cl2O4. The van der Waals surface area contributed by atoms with Gasteiger partial charge in [-0.3, -0.25) is 9.59 Å². The summed E-state index contributed by atoms with van der Waals surface area (Å²) in [5.41, 5.74) is -0.946. The summed E-state index contributed by atoms with van der Waals surface area (Å²) in [6.07, 6.45) is 6.64. The summed E-state index contributed by atoms with van der Waals surface area (Å²) in [6.45, 7) is 8.45. The fourth-order valence-electron chi connectivity index (χ4n) is 2.50. The third-order valence-corrected chi connectivity index (χ3v) is 5.02. The Balaban J connectivity index is 3.73. The predicted molar refractivity (Wildman–Crippen MR) is 108 cm³/mol. The van der Waals surface area contributed by atoms with Crippen LogP contribution in [0.1, 0.15) is 79.1 Å². The predicted octanol–water partition coefficient (Wildman–Crippen LogP) is 5.72. The molecule has 0 bridgehead atoms. The molecule has 0 aromatic carbocycles. The van der Waals surface area contributed by atoms with Gasteiger partial charge in [0.25, 0.3) is 0 Å². The van der Waals surface area contributed by atoms with Gasteiger partial charge in [0.2, 0.25) is 0 Å². The highest BCUT2D eigenvalue weighted by Crippen LogP contribution is 2.25. The van der Waals surface area contributed by atoms with Crippen LogP contribution in [0.3, 0.4) is 0 Å². The van der Waals surface area contributed by atoms with Crippen LogP contribution in [0.4, 0.5) is 0 Å². The fraction of sp³-hybridized carbons (Fsp3) is 0.900. The fourth-order valence-corrected chi connectivity index (χ4v) is 2.77. The van der Waals surface area contributed by atoms with Crippen LogP contribution in [0.5, 0.6) is 0 Å². The summed E-state index contributed by atoms with van der Waals surface area (Å²) >= 11 is 11.4. The zero-order valence-electron chi connectivity index (χ0n) is 16.9. The van der Waals surface area contributed by atoms with Gasteiger partial charge in [-0.2, -0.15) is 0 Å². The van der Waals surface area contributed by atoms with Crippen molar-refractivity contribution < 1.29 is 19.1 Å². The van der Waals surface area contributed by atoms with Gasteiger partial charge >= 0.3 is 11.9 Å². The van der Waals surface area contributed by atoms with Crippen molar-refractivity contribution in [1.29, 1.82) is 0 Å². The lowest BCUT2D eigenvalue weighted by molar-refractivity contribution is -0.155. The first kappa shape index (κ1) is 25.5. The Morgan fingerprint density at radius 2 is 1.00 bits per heavy atom. The van der Waals surface area contributed by atoms with Crippen molar-refractivity contribution in [2.24, 2.45) is 10.8 Å². The topological polar surface area (TPSA) is 52.6 Å². The SMILES string of the molecule is CC(C)(CCCCl)C(=O)OCCCCCCOC(=O)C(C)(C)CCCCl. The molecule has 0 saturated carbocycles. The Morgan fingerprint density at radius 3 is 1.31 bits per heavy atom. The van der Waals surface area contributed by atoms with Crippen molar-refractivity contribution >= 4 is 35.1 Å². The van der Waals surface area contributed by atoms with Gasteiger partial charge in [-0.1, -0.05) is 0 Å². The first-order valence-electron chi connectivity index (χ1n) is 9.64. The van der Waals surface area contributed by atoms with E-state index in [0.717, 1.165) is 51.4 Å². The molecule has 0 saturated heterocycles. The summed E-state index contributed by atoms with van der Waals surface area (Å²) in [5, 5.41) is 0. The van der Waals surface area contributed by atoms with Gasteiger partial charge in [0.15, 0.2) is 0 Å². The highest BCUT2D eigenvalue weighted by molar-refractivity contribution is 6.18. The van der Waals surface area contributed by atoms with Crippen molar-refractivity contribution in [2.45, 2.75) is 79.1 Å². The molecule has 0 heterocycles. The zero-order valence-corrected chi connectivity index (χ0v) is 18.4. The second kappa shape index (κ2) is 13.7. The molecule has 4 nitrogen and oxygen atoms in total. The summed E-state index contributed by atoms with van der Waals surface area (Å²) in [7, 11) is 0. The second-order valence-electron chi connectivity index (χ2n) is 8.04. The molecule has 0 fully saturated rings. The Labute approximate surface area is 169 Å². The molecule has 0 rings (SSSR count). The number of alkyl halides is 2. The van der Waals surface area contributed by atoms with Gasteiger partial charge in [-0.25, -0.2) is 0 Å². The molecule has 0 amide bonds. The van der Waals surface area contributed by atoms with Gasteiger partial charge in [0.1, 0.15) is 0 Å². The first-order chi connectivity index (χ1) is 12.2. The molecule has 26 heavy (non-hydrogen) atoms. The number of ether oxygens (including phenoxy) is 2. The number of carbonyl (C=O) groups is 2. The maximum Gasteiger partial charge on any atom is 0.311 e. The van der Waals surface area contributed by atoms with Gasteiger partial charge < -0.3 is 9.47 Å². The van der Waals surface area contributed by atoms with Crippen molar-refractivity contribution in [2.75, 3.05) is 25.0 Å². The van der Waals surface area contributed by atoms with Gasteiger partial charge in [-0.05, 0) is 79.1 Å². The van der Waals surface area contributed by atoms with E-state index in [1.54, 1.807) is 0 Å². The van der Waals surface area contributed by atoms with Crippen molar-refractivity contribution in [3.05, 3.63) is 0 Å². The van der Waals surface area contributed by atoms with E-state index in [1.165, 1.54) is 0 Å². The molecular weight excluding hydrogens is 375 g/mol. The number of hydrogen-bond acceptors (Lipinski definition) is 4. The lowest BCUT2D eigenvalue weighted by Gasteiger charge is -2.22. The van der Waals surface area contributed by atoms with Crippen LogP contribution in [0.2, 0.25) is 0 Å². The molecule has 0 aliphatic rings. The standard InChI is InChI=1S/C20H36Cl2O4/c1-19(2,11-9-13-21)17(23)25-15-7-5-6-8-16-26-18(24)20(3,4)12-10-14-22/h5-16H2,1-4H3. The molecule has 6 heteroatoms. The van der Waals surface area contributed by atoms with E-state index in [-0.39, 0.29) is 11.9 Å². The lowest BCUT2D eigenvalue weighted by Crippen LogP contribution is -2.27. The van der Waals surface area contributed by atoms with Gasteiger partial charge in [0, 0.05) is 11.8 Å². The molecule has 0 radical (unpaired) electrons. The normalized spacial score (nSPS) is 12.1. The van der Waals surface area contributed by atoms with Crippen molar-refractivity contribution in [1.82, 2.24) is 0 Å². The highest BCUT2D eigenvalue weighted by Gasteiger charge is 2.29. The minimum Gasteiger partial charge on any atom is -0.465 e. The Kier molecular flexibility index (Phi) is 13.4. The summed E-state index contributed by atoms with van der Waals surface area (Å²) in [4.78, 5) is 24.0. The zero-order chi connectivity index (χ0) is 20.1. The summed E-state index contributed by atoms with van der Waals surface area (Å²) in [6, 6.07) is 0. The maximum absolute atomic E-state index is 12.0. The third kappa shape index (κ3) is 11.3. The smallest absolute Gasteiger partial charge is 0.311 e. The average molecular weight is 411 g/mol. The average Bonchev–Trinajstić information content (AvgIpc) is 2.59. The minimum atomic E-state index is -0.473. The highest BCUT2D eigenvalue weighted by atomic mass is 35.5. The largest absolute Gasteiger partial charge is 0.465 e. The Morgan fingerprint density at radius 1 is 0.654 bits per heavy atom. The third-order valence-electron chi connectivity index (χ3n) is 4.48. The van der Waals surface area contributed by atoms with Gasteiger partial charge in [-0.15, -0.1) is 23.2 Å². The van der Waals surface area contributed by atoms with E-state index < -0.39 is 10.8 Å². The number of rotatable bonds is 15. The first-order valence-corrected chi connectivity index (χ1v) is 10.7. The van der Waals surface area contributed by atoms with Crippen LogP contribution in [0.15, 0.2) is 0 Å². The number of carbonyl (C=O) groups excluding carboxylic acids is 2. The molecule has 0 unspecified atom stereocenters. The molecule has 154 valence electrons. The van der Waals surface area contributed by atoms with Crippen LogP contribution in [0, 0.1) is 10.8 Å². The van der Waals surface area contributed by atoms with E-state index in [9.17, 15) is 9.59 Å². The van der Waals surface area contributed by atoms with E-state index in [1.807, 2.05) is 27.7 Å². The monoisotopic (exact) mass is 410 g/mol. The molecule has 0 aliphatic heterocycles. The second-order valence-corrected chi connectivity index (χ2v) is 8.79. The van der Waals surface area contributed by atoms with E-state index in [4.69, 9.17) is 32.7 Å². The molecule has 0 atom stereocenters. The van der Waals surface area contributed by atoms with Crippen LogP contribution in [-0.4, -0.2) is 36.9 Å². The molecule has 0 aromatic rings. The quantitative estimate of drug-likeness (QED) is 0.196. The summed E-state index contributed by atoms with van der Waals surface area (Å²) < 4.78 is 10.7. The minimum absolute atomic E-state index is 0.157. The Hall–Kier alpha value is -0.480. The molecule has 0 spiro atoms. The number of unbranched alkanes of at least 4 members (excludes halogenated alkanes) is 3. The molecule has 0 aliphatic carbocycles. The maximum atomic E-state index is 12.0. The van der Waals surface area contributed by atoms with E-state index >= 15 is 0 Å². The van der Waals surface area contributed by atoms with Crippen LogP contribution >= 0.6 is 23.2 Å². The number of esters is 2. The lowest BCUT2D eigenvalue weighted by atomic mass is 9.88. The number of hydrogen-bond donors (Lipinski definition) is 0. The number of halogens is 2. The van der Waals surface area contributed by atoms with Crippen LogP contribution in [0.25, 0.3) is 0 Å². The van der Waals surface area contributed by atoms with E-state index in [0.29, 0.717) is 25.0 Å². The van der Waals surface area contributed by atoms with Crippen molar-refractivity contribution in [3.8, 4) is 0 Å². The van der Waals surface area contributed by atoms with Crippen LogP contribution < -0.4 is 0 Å². The van der Waals surface area contributed by atoms with Gasteiger partial charge in [0.05, 0.1) is 24.0 Å². The Bertz CT molecular complexity index is 371. The van der Waals surface area contributed by atoms with E-state index in [2.05, 4.69) is 0 Å². The van der Waals surface area contributed by atoms with Crippen LogP contribution in [-0.2, 0) is 19.1 Å². The van der Waals surface area contributed by atoms with Crippen molar-refractivity contribution in [3.63, 3.8) is 0 Å². The molecule has 0 N–H and O–H groups in total. The summed E-state index contributed by atoms with van der Waals surface area (Å²) in [5.74, 6) is 0.808.